The number of primary amides is 1. The van der Waals surface area contributed by atoms with E-state index in [2.05, 4.69) is 27.5 Å². The van der Waals surface area contributed by atoms with Crippen molar-refractivity contribution in [1.29, 1.82) is 0 Å². The summed E-state index contributed by atoms with van der Waals surface area (Å²) in [4.78, 5) is 20.5. The summed E-state index contributed by atoms with van der Waals surface area (Å²) in [7, 11) is 1.75. The van der Waals surface area contributed by atoms with Gasteiger partial charge in [-0.3, -0.25) is 4.79 Å². The number of carbonyl (C=O) groups excluding carboxylic acids is 1. The topological polar surface area (TPSA) is 122 Å². The third-order valence-electron chi connectivity index (χ3n) is 5.12. The van der Waals surface area contributed by atoms with Gasteiger partial charge < -0.3 is 26.2 Å². The van der Waals surface area contributed by atoms with E-state index in [0.717, 1.165) is 44.9 Å². The fourth-order valence-corrected chi connectivity index (χ4v) is 3.46. The molecule has 1 aromatic heterocycles. The first kappa shape index (κ1) is 21.4. The van der Waals surface area contributed by atoms with E-state index in [-0.39, 0.29) is 24.3 Å². The minimum Gasteiger partial charge on any atom is -0.396 e. The Balaban J connectivity index is 2.09. The van der Waals surface area contributed by atoms with Crippen molar-refractivity contribution in [3.63, 3.8) is 0 Å². The van der Waals surface area contributed by atoms with Crippen molar-refractivity contribution in [2.75, 3.05) is 24.4 Å². The van der Waals surface area contributed by atoms with Crippen molar-refractivity contribution >= 4 is 17.7 Å². The minimum absolute atomic E-state index is 0.0351. The lowest BCUT2D eigenvalue weighted by molar-refractivity contribution is 0.0681. The molecule has 27 heavy (non-hydrogen) atoms. The van der Waals surface area contributed by atoms with E-state index in [4.69, 9.17) is 10.5 Å². The van der Waals surface area contributed by atoms with E-state index in [1.807, 2.05) is 0 Å². The lowest BCUT2D eigenvalue weighted by atomic mass is 9.93. The van der Waals surface area contributed by atoms with Crippen LogP contribution in [0.2, 0.25) is 0 Å². The fourth-order valence-electron chi connectivity index (χ4n) is 3.46. The molecular formula is C19H33N5O3. The number of anilines is 2. The second-order valence-corrected chi connectivity index (χ2v) is 7.17. The summed E-state index contributed by atoms with van der Waals surface area (Å²) >= 11 is 0. The number of nitrogens with one attached hydrogen (secondary N) is 2. The number of hydrogen-bond donors (Lipinski definition) is 4. The van der Waals surface area contributed by atoms with Gasteiger partial charge in [-0.25, -0.2) is 4.98 Å². The summed E-state index contributed by atoms with van der Waals surface area (Å²) in [5, 5.41) is 16.0. The van der Waals surface area contributed by atoms with Crippen LogP contribution in [-0.4, -0.2) is 52.9 Å². The molecule has 1 saturated carbocycles. The zero-order valence-electron chi connectivity index (χ0n) is 16.4. The highest BCUT2D eigenvalue weighted by atomic mass is 16.5. The molecule has 152 valence electrons. The van der Waals surface area contributed by atoms with Crippen LogP contribution in [0.25, 0.3) is 0 Å². The maximum Gasteiger partial charge on any atom is 0.254 e. The Morgan fingerprint density at radius 3 is 2.70 bits per heavy atom. The number of aliphatic hydroxyl groups is 1. The normalized spacial score (nSPS) is 20.9. The number of carbonyl (C=O) groups is 1. The lowest BCUT2D eigenvalue weighted by Crippen LogP contribution is -2.30. The van der Waals surface area contributed by atoms with E-state index in [9.17, 15) is 9.90 Å². The van der Waals surface area contributed by atoms with Gasteiger partial charge in [0.1, 0.15) is 5.82 Å². The number of aliphatic hydroxyl groups excluding tert-OH is 1. The highest BCUT2D eigenvalue weighted by molar-refractivity contribution is 5.97. The summed E-state index contributed by atoms with van der Waals surface area (Å²) in [6.07, 6.45) is 9.37. The largest absolute Gasteiger partial charge is 0.396 e. The third kappa shape index (κ3) is 6.62. The number of hydrogen-bond acceptors (Lipinski definition) is 7. The van der Waals surface area contributed by atoms with Gasteiger partial charge >= 0.3 is 0 Å². The highest BCUT2D eigenvalue weighted by Crippen LogP contribution is 2.24. The van der Waals surface area contributed by atoms with Crippen LogP contribution in [0.4, 0.5) is 11.8 Å². The summed E-state index contributed by atoms with van der Waals surface area (Å²) in [6.45, 7) is 2.20. The number of rotatable bonds is 11. The fraction of sp³-hybridized carbons (Fsp3) is 0.737. The Morgan fingerprint density at radius 1 is 1.37 bits per heavy atom. The van der Waals surface area contributed by atoms with Crippen molar-refractivity contribution in [2.24, 2.45) is 5.73 Å². The van der Waals surface area contributed by atoms with Gasteiger partial charge in [-0.05, 0) is 38.5 Å². The standard InChI is InChI=1S/C19H33N5O3/c1-3-4-5-13(10-11-25)22-18-16(17(20)26)12-21-19(24-18)23-14-6-8-15(27-2)9-7-14/h12-15,25H,3-11H2,1-2H3,(H2,20,26)(H2,21,22,23,24)/t13-,14-,15-/m1/s1. The van der Waals surface area contributed by atoms with Crippen LogP contribution < -0.4 is 16.4 Å². The number of nitrogens with zero attached hydrogens (tertiary/aromatic N) is 2. The van der Waals surface area contributed by atoms with Gasteiger partial charge in [0.05, 0.1) is 11.7 Å². The van der Waals surface area contributed by atoms with Crippen molar-refractivity contribution in [3.8, 4) is 0 Å². The number of amides is 1. The van der Waals surface area contributed by atoms with Crippen LogP contribution in [0, 0.1) is 0 Å². The Bertz CT molecular complexity index is 591. The summed E-state index contributed by atoms with van der Waals surface area (Å²) in [5.74, 6) is 0.352. The van der Waals surface area contributed by atoms with E-state index in [1.54, 1.807) is 7.11 Å². The van der Waals surface area contributed by atoms with E-state index in [0.29, 0.717) is 24.3 Å². The molecule has 5 N–H and O–H groups in total. The predicted molar refractivity (Wildman–Crippen MR) is 106 cm³/mol. The Hall–Kier alpha value is -1.93. The molecule has 0 bridgehead atoms. The molecule has 1 aromatic rings. The molecule has 0 spiro atoms. The Labute approximate surface area is 161 Å². The van der Waals surface area contributed by atoms with E-state index < -0.39 is 5.91 Å². The number of nitrogens with two attached hydrogens (primary N) is 1. The van der Waals surface area contributed by atoms with Crippen molar-refractivity contribution in [2.45, 2.75) is 76.5 Å². The monoisotopic (exact) mass is 379 g/mol. The summed E-state index contributed by atoms with van der Waals surface area (Å²) < 4.78 is 5.41. The number of aromatic nitrogens is 2. The van der Waals surface area contributed by atoms with Gasteiger partial charge in [-0.1, -0.05) is 19.8 Å². The maximum absolute atomic E-state index is 11.8. The number of ether oxygens (including phenoxy) is 1. The Morgan fingerprint density at radius 2 is 2.11 bits per heavy atom. The second kappa shape index (κ2) is 11.0. The molecule has 1 aliphatic rings. The molecule has 0 radical (unpaired) electrons. The smallest absolute Gasteiger partial charge is 0.254 e. The number of methoxy groups -OCH3 is 1. The molecule has 1 amide bonds. The minimum atomic E-state index is -0.567. The molecule has 1 aliphatic carbocycles. The maximum atomic E-state index is 11.8. The lowest BCUT2D eigenvalue weighted by Gasteiger charge is -2.28. The first-order valence-corrected chi connectivity index (χ1v) is 9.90. The zero-order chi connectivity index (χ0) is 19.6. The molecule has 2 rings (SSSR count). The van der Waals surface area contributed by atoms with Crippen molar-refractivity contribution < 1.29 is 14.6 Å². The summed E-state index contributed by atoms with van der Waals surface area (Å²) in [6, 6.07) is 0.324. The zero-order valence-corrected chi connectivity index (χ0v) is 16.4. The quantitative estimate of drug-likeness (QED) is 0.465. The molecular weight excluding hydrogens is 346 g/mol. The van der Waals surface area contributed by atoms with Crippen molar-refractivity contribution in [3.05, 3.63) is 11.8 Å². The van der Waals surface area contributed by atoms with Crippen LogP contribution in [0.15, 0.2) is 6.20 Å². The van der Waals surface area contributed by atoms with Crippen LogP contribution in [0.3, 0.4) is 0 Å². The van der Waals surface area contributed by atoms with Gasteiger partial charge in [0, 0.05) is 32.0 Å². The van der Waals surface area contributed by atoms with Gasteiger partial charge in [0.2, 0.25) is 5.95 Å². The number of unbranched alkanes of at least 4 members (excludes halogenated alkanes) is 1. The molecule has 0 aliphatic heterocycles. The molecule has 1 fully saturated rings. The molecule has 8 nitrogen and oxygen atoms in total. The first-order chi connectivity index (χ1) is 13.1. The van der Waals surface area contributed by atoms with Gasteiger partial charge in [0.15, 0.2) is 0 Å². The molecule has 1 atom stereocenters. The van der Waals surface area contributed by atoms with Gasteiger partial charge in [-0.15, -0.1) is 0 Å². The second-order valence-electron chi connectivity index (χ2n) is 7.17. The molecule has 0 saturated heterocycles. The van der Waals surface area contributed by atoms with Crippen LogP contribution in [-0.2, 0) is 4.74 Å². The first-order valence-electron chi connectivity index (χ1n) is 9.90. The molecule has 1 heterocycles. The average Bonchev–Trinajstić information content (AvgIpc) is 2.67. The highest BCUT2D eigenvalue weighted by Gasteiger charge is 2.22. The Kier molecular flexibility index (Phi) is 8.74. The van der Waals surface area contributed by atoms with Crippen LogP contribution in [0.1, 0.15) is 68.6 Å². The summed E-state index contributed by atoms with van der Waals surface area (Å²) in [5.41, 5.74) is 5.75. The molecule has 0 unspecified atom stereocenters. The van der Waals surface area contributed by atoms with Crippen LogP contribution in [0.5, 0.6) is 0 Å². The SMILES string of the molecule is CCCC[C@H](CCO)Nc1nc(N[C@H]2CC[C@H](OC)CC2)ncc1C(N)=O. The average molecular weight is 380 g/mol. The predicted octanol–water partition coefficient (Wildman–Crippen LogP) is 2.30. The van der Waals surface area contributed by atoms with Gasteiger partial charge in [0.25, 0.3) is 5.91 Å². The van der Waals surface area contributed by atoms with Crippen LogP contribution >= 0.6 is 0 Å². The van der Waals surface area contributed by atoms with E-state index >= 15 is 0 Å². The molecule has 8 heteroatoms. The van der Waals surface area contributed by atoms with Gasteiger partial charge in [-0.2, -0.15) is 4.98 Å². The third-order valence-corrected chi connectivity index (χ3v) is 5.12. The van der Waals surface area contributed by atoms with Crippen molar-refractivity contribution in [1.82, 2.24) is 9.97 Å². The van der Waals surface area contributed by atoms with E-state index in [1.165, 1.54) is 6.20 Å². The molecule has 0 aromatic carbocycles.